The average Bonchev–Trinajstić information content (AvgIpc) is 2.77. The van der Waals surface area contributed by atoms with Crippen molar-refractivity contribution >= 4 is 5.57 Å². The van der Waals surface area contributed by atoms with E-state index < -0.39 is 0 Å². The number of hydrogen-bond acceptors (Lipinski definition) is 1. The minimum atomic E-state index is 0.232. The third kappa shape index (κ3) is 2.66. The van der Waals surface area contributed by atoms with Gasteiger partial charge in [-0.2, -0.15) is 0 Å². The number of benzene rings is 1. The van der Waals surface area contributed by atoms with Gasteiger partial charge in [0.05, 0.1) is 0 Å². The lowest BCUT2D eigenvalue weighted by Gasteiger charge is -2.19. The van der Waals surface area contributed by atoms with Crippen LogP contribution in [0.2, 0.25) is 0 Å². The largest absolute Gasteiger partial charge is 0.378 e. The maximum absolute atomic E-state index is 2.28. The zero-order chi connectivity index (χ0) is 13.3. The first-order valence-electron chi connectivity index (χ1n) is 6.57. The number of nitrogens with zero attached hydrogens (tertiary/aromatic N) is 1. The van der Waals surface area contributed by atoms with E-state index >= 15 is 0 Å². The Morgan fingerprint density at radius 2 is 1.61 bits per heavy atom. The summed E-state index contributed by atoms with van der Waals surface area (Å²) in [6, 6.07) is 9.01. The first kappa shape index (κ1) is 12.9. The van der Waals surface area contributed by atoms with Crippen LogP contribution >= 0.6 is 0 Å². The van der Waals surface area contributed by atoms with Crippen molar-refractivity contribution in [1.82, 2.24) is 4.90 Å². The molecule has 0 N–H and O–H groups in total. The van der Waals surface area contributed by atoms with E-state index in [1.54, 1.807) is 0 Å². The fraction of sp³-hybridized carbons (Fsp3) is 0.412. The van der Waals surface area contributed by atoms with Gasteiger partial charge in [-0.05, 0) is 34.6 Å². The molecule has 18 heavy (non-hydrogen) atoms. The van der Waals surface area contributed by atoms with Gasteiger partial charge in [0.15, 0.2) is 0 Å². The maximum atomic E-state index is 2.28. The number of allylic oxidation sites excluding steroid dienone is 3. The molecule has 1 aromatic rings. The van der Waals surface area contributed by atoms with Crippen molar-refractivity contribution in [3.8, 4) is 0 Å². The smallest absolute Gasteiger partial charge is 0.0326 e. The van der Waals surface area contributed by atoms with Gasteiger partial charge >= 0.3 is 0 Å². The molecule has 96 valence electrons. The lowest BCUT2D eigenvalue weighted by Crippen LogP contribution is -2.10. The van der Waals surface area contributed by atoms with E-state index in [1.807, 2.05) is 0 Å². The molecule has 0 fully saturated rings. The minimum Gasteiger partial charge on any atom is -0.378 e. The van der Waals surface area contributed by atoms with Crippen LogP contribution < -0.4 is 0 Å². The molecule has 2 rings (SSSR count). The second kappa shape index (κ2) is 4.64. The van der Waals surface area contributed by atoms with E-state index in [0.29, 0.717) is 0 Å². The van der Waals surface area contributed by atoms with Crippen molar-refractivity contribution < 1.29 is 0 Å². The highest BCUT2D eigenvalue weighted by Gasteiger charge is 2.14. The van der Waals surface area contributed by atoms with E-state index in [2.05, 4.69) is 76.2 Å². The molecule has 0 radical (unpaired) electrons. The van der Waals surface area contributed by atoms with Gasteiger partial charge in [-0.1, -0.05) is 51.1 Å². The van der Waals surface area contributed by atoms with Crippen LogP contribution in [0.25, 0.3) is 5.57 Å². The predicted octanol–water partition coefficient (Wildman–Crippen LogP) is 4.22. The molecule has 1 aromatic carbocycles. The van der Waals surface area contributed by atoms with Gasteiger partial charge in [0, 0.05) is 19.8 Å². The van der Waals surface area contributed by atoms with Crippen LogP contribution in [0, 0.1) is 0 Å². The van der Waals surface area contributed by atoms with Crippen molar-refractivity contribution in [3.63, 3.8) is 0 Å². The molecule has 0 unspecified atom stereocenters. The number of likely N-dealkylation sites (N-methyl/N-ethyl adjacent to an activating group) is 1. The Bertz CT molecular complexity index is 481. The highest BCUT2D eigenvalue weighted by Crippen LogP contribution is 2.29. The SMILES string of the molecule is CN(C)C1=CCC(c2ccc(C(C)(C)C)cc2)=C1. The van der Waals surface area contributed by atoms with Crippen LogP contribution in [0.1, 0.15) is 38.3 Å². The third-order valence-electron chi connectivity index (χ3n) is 3.49. The molecule has 0 aliphatic heterocycles. The van der Waals surface area contributed by atoms with Gasteiger partial charge in [0.25, 0.3) is 0 Å². The van der Waals surface area contributed by atoms with E-state index in [-0.39, 0.29) is 5.41 Å². The summed E-state index contributed by atoms with van der Waals surface area (Å²) in [6.45, 7) is 6.76. The Morgan fingerprint density at radius 3 is 2.06 bits per heavy atom. The molecular formula is C17H23N. The Balaban J connectivity index is 2.20. The van der Waals surface area contributed by atoms with Gasteiger partial charge in [-0.3, -0.25) is 0 Å². The zero-order valence-electron chi connectivity index (χ0n) is 12.1. The summed E-state index contributed by atoms with van der Waals surface area (Å²) in [6.07, 6.45) is 5.61. The first-order chi connectivity index (χ1) is 8.38. The molecular weight excluding hydrogens is 218 g/mol. The van der Waals surface area contributed by atoms with E-state index in [9.17, 15) is 0 Å². The molecule has 1 nitrogen and oxygen atoms in total. The normalized spacial score (nSPS) is 15.4. The third-order valence-corrected chi connectivity index (χ3v) is 3.49. The quantitative estimate of drug-likeness (QED) is 0.749. The van der Waals surface area contributed by atoms with Gasteiger partial charge < -0.3 is 4.90 Å². The van der Waals surface area contributed by atoms with Crippen molar-refractivity contribution in [3.05, 3.63) is 53.2 Å². The molecule has 1 heteroatoms. The van der Waals surface area contributed by atoms with E-state index in [0.717, 1.165) is 6.42 Å². The number of hydrogen-bond donors (Lipinski definition) is 0. The van der Waals surface area contributed by atoms with Crippen LogP contribution in [-0.4, -0.2) is 19.0 Å². The van der Waals surface area contributed by atoms with Gasteiger partial charge in [-0.15, -0.1) is 0 Å². The van der Waals surface area contributed by atoms with Crippen molar-refractivity contribution in [1.29, 1.82) is 0 Å². The summed E-state index contributed by atoms with van der Waals surface area (Å²) >= 11 is 0. The Morgan fingerprint density at radius 1 is 1.00 bits per heavy atom. The van der Waals surface area contributed by atoms with Crippen molar-refractivity contribution in [2.75, 3.05) is 14.1 Å². The molecule has 0 heterocycles. The lowest BCUT2D eigenvalue weighted by molar-refractivity contribution is 0.531. The lowest BCUT2D eigenvalue weighted by atomic mass is 9.86. The number of rotatable bonds is 2. The molecule has 0 amide bonds. The van der Waals surface area contributed by atoms with Crippen LogP contribution in [0.5, 0.6) is 0 Å². The Kier molecular flexibility index (Phi) is 3.34. The molecule has 0 spiro atoms. The second-order valence-electron chi connectivity index (χ2n) is 6.22. The van der Waals surface area contributed by atoms with Gasteiger partial charge in [0.2, 0.25) is 0 Å². The van der Waals surface area contributed by atoms with Crippen molar-refractivity contribution in [2.24, 2.45) is 0 Å². The van der Waals surface area contributed by atoms with Crippen LogP contribution in [0.15, 0.2) is 42.1 Å². The molecule has 1 aliphatic rings. The summed E-state index contributed by atoms with van der Waals surface area (Å²) in [7, 11) is 4.18. The van der Waals surface area contributed by atoms with Gasteiger partial charge in [-0.25, -0.2) is 0 Å². The highest BCUT2D eigenvalue weighted by atomic mass is 15.1. The minimum absolute atomic E-state index is 0.232. The van der Waals surface area contributed by atoms with E-state index in [1.165, 1.54) is 22.4 Å². The fourth-order valence-corrected chi connectivity index (χ4v) is 2.21. The van der Waals surface area contributed by atoms with Crippen LogP contribution in [0.4, 0.5) is 0 Å². The summed E-state index contributed by atoms with van der Waals surface area (Å²) < 4.78 is 0. The Labute approximate surface area is 111 Å². The summed E-state index contributed by atoms with van der Waals surface area (Å²) in [5, 5.41) is 0. The molecule has 1 aliphatic carbocycles. The van der Waals surface area contributed by atoms with Gasteiger partial charge in [0.1, 0.15) is 0 Å². The fourth-order valence-electron chi connectivity index (χ4n) is 2.21. The molecule has 0 aromatic heterocycles. The maximum Gasteiger partial charge on any atom is 0.0326 e. The average molecular weight is 241 g/mol. The standard InChI is InChI=1S/C17H23N/c1-17(2,3)15-9-6-13(7-10-15)14-8-11-16(12-14)18(4)5/h6-7,9-12H,8H2,1-5H3. The zero-order valence-corrected chi connectivity index (χ0v) is 12.1. The summed E-state index contributed by atoms with van der Waals surface area (Å²) in [5.41, 5.74) is 5.70. The molecule has 0 saturated carbocycles. The molecule has 0 bridgehead atoms. The topological polar surface area (TPSA) is 3.24 Å². The second-order valence-corrected chi connectivity index (χ2v) is 6.22. The predicted molar refractivity (Wildman–Crippen MR) is 79.5 cm³/mol. The van der Waals surface area contributed by atoms with E-state index in [4.69, 9.17) is 0 Å². The summed E-state index contributed by atoms with van der Waals surface area (Å²) in [5.74, 6) is 0. The van der Waals surface area contributed by atoms with Crippen molar-refractivity contribution in [2.45, 2.75) is 32.6 Å². The van der Waals surface area contributed by atoms with Crippen LogP contribution in [0.3, 0.4) is 0 Å². The monoisotopic (exact) mass is 241 g/mol. The first-order valence-corrected chi connectivity index (χ1v) is 6.57. The van der Waals surface area contributed by atoms with Crippen LogP contribution in [-0.2, 0) is 5.41 Å². The highest BCUT2D eigenvalue weighted by molar-refractivity contribution is 5.72. The molecule has 0 atom stereocenters. The Hall–Kier alpha value is -1.50. The molecule has 0 saturated heterocycles. The summed E-state index contributed by atoms with van der Waals surface area (Å²) in [4.78, 5) is 2.16.